The highest BCUT2D eigenvalue weighted by atomic mass is 32.1. The van der Waals surface area contributed by atoms with Gasteiger partial charge in [-0.15, -0.1) is 11.3 Å². The standard InChI is InChI=1S/C17H10NS/c1-2-7-16-14(4-1)15-6-3-5-13(17(15)19-16)12-8-10-18-11-9-12/h1-3,5-11H. The molecule has 19 heavy (non-hydrogen) atoms. The zero-order valence-electron chi connectivity index (χ0n) is 10.1. The molecular weight excluding hydrogens is 250 g/mol. The Morgan fingerprint density at radius 3 is 2.74 bits per heavy atom. The summed E-state index contributed by atoms with van der Waals surface area (Å²) < 4.78 is 2.62. The lowest BCUT2D eigenvalue weighted by molar-refractivity contribution is 1.33. The Kier molecular flexibility index (Phi) is 2.35. The minimum absolute atomic E-state index is 1.21. The second-order valence-electron chi connectivity index (χ2n) is 4.43. The molecular formula is C17H10NS. The molecule has 0 saturated heterocycles. The fourth-order valence-corrected chi connectivity index (χ4v) is 3.64. The van der Waals surface area contributed by atoms with Crippen LogP contribution >= 0.6 is 11.3 Å². The fraction of sp³-hybridized carbons (Fsp3) is 0. The van der Waals surface area contributed by atoms with Crippen LogP contribution in [-0.2, 0) is 0 Å². The molecule has 4 rings (SSSR count). The summed E-state index contributed by atoms with van der Waals surface area (Å²) >= 11 is 1.83. The highest BCUT2D eigenvalue weighted by Crippen LogP contribution is 2.39. The molecule has 0 bridgehead atoms. The molecule has 1 nitrogen and oxygen atoms in total. The second kappa shape index (κ2) is 4.18. The van der Waals surface area contributed by atoms with E-state index in [1.165, 1.54) is 31.3 Å². The van der Waals surface area contributed by atoms with Crippen LogP contribution in [-0.4, -0.2) is 4.98 Å². The Hall–Kier alpha value is -2.19. The lowest BCUT2D eigenvalue weighted by atomic mass is 10.0. The van der Waals surface area contributed by atoms with Gasteiger partial charge in [-0.1, -0.05) is 30.3 Å². The normalized spacial score (nSPS) is 11.2. The van der Waals surface area contributed by atoms with Gasteiger partial charge in [0, 0.05) is 32.6 Å². The lowest BCUT2D eigenvalue weighted by Gasteiger charge is -2.02. The average Bonchev–Trinajstić information content (AvgIpc) is 2.87. The van der Waals surface area contributed by atoms with Gasteiger partial charge in [-0.3, -0.25) is 4.98 Å². The number of thiophene rings is 1. The van der Waals surface area contributed by atoms with Gasteiger partial charge in [-0.25, -0.2) is 0 Å². The van der Waals surface area contributed by atoms with Crippen LogP contribution in [0, 0.1) is 6.07 Å². The van der Waals surface area contributed by atoms with Crippen molar-refractivity contribution in [1.29, 1.82) is 0 Å². The summed E-state index contributed by atoms with van der Waals surface area (Å²) in [6.07, 6.45) is 3.68. The largest absolute Gasteiger partial charge is 0.265 e. The smallest absolute Gasteiger partial charge is 0.0434 e. The summed E-state index contributed by atoms with van der Waals surface area (Å²) in [5, 5.41) is 2.51. The molecule has 0 aliphatic carbocycles. The Morgan fingerprint density at radius 2 is 1.84 bits per heavy atom. The van der Waals surface area contributed by atoms with E-state index in [-0.39, 0.29) is 0 Å². The van der Waals surface area contributed by atoms with Crippen molar-refractivity contribution in [2.45, 2.75) is 0 Å². The van der Waals surface area contributed by atoms with Gasteiger partial charge in [0.05, 0.1) is 0 Å². The molecule has 0 unspecified atom stereocenters. The molecule has 2 heterocycles. The van der Waals surface area contributed by atoms with Crippen molar-refractivity contribution in [3.63, 3.8) is 0 Å². The van der Waals surface area contributed by atoms with Gasteiger partial charge in [0.25, 0.3) is 0 Å². The van der Waals surface area contributed by atoms with Gasteiger partial charge >= 0.3 is 0 Å². The van der Waals surface area contributed by atoms with Crippen LogP contribution in [0.1, 0.15) is 0 Å². The fourth-order valence-electron chi connectivity index (χ4n) is 2.43. The van der Waals surface area contributed by atoms with Crippen molar-refractivity contribution >= 4 is 31.5 Å². The molecule has 0 atom stereocenters. The molecule has 2 aromatic carbocycles. The Labute approximate surface area is 115 Å². The van der Waals surface area contributed by atoms with Gasteiger partial charge < -0.3 is 0 Å². The Bertz CT molecular complexity index is 862. The number of nitrogens with zero attached hydrogens (tertiary/aromatic N) is 1. The van der Waals surface area contributed by atoms with Gasteiger partial charge in [-0.2, -0.15) is 0 Å². The average molecular weight is 260 g/mol. The van der Waals surface area contributed by atoms with E-state index in [0.717, 1.165) is 0 Å². The summed E-state index contributed by atoms with van der Waals surface area (Å²) in [6.45, 7) is 0. The van der Waals surface area contributed by atoms with Crippen molar-refractivity contribution < 1.29 is 0 Å². The highest BCUT2D eigenvalue weighted by Gasteiger charge is 2.09. The van der Waals surface area contributed by atoms with Crippen LogP contribution in [0.3, 0.4) is 0 Å². The van der Waals surface area contributed by atoms with Crippen LogP contribution in [0.4, 0.5) is 0 Å². The third-order valence-corrected chi connectivity index (χ3v) is 4.51. The molecule has 4 aromatic rings. The molecule has 0 aliphatic rings. The molecule has 0 N–H and O–H groups in total. The molecule has 2 heteroatoms. The second-order valence-corrected chi connectivity index (χ2v) is 5.48. The number of benzene rings is 2. The van der Waals surface area contributed by atoms with Crippen molar-refractivity contribution in [2.24, 2.45) is 0 Å². The van der Waals surface area contributed by atoms with E-state index in [0.29, 0.717) is 0 Å². The third kappa shape index (κ3) is 1.65. The van der Waals surface area contributed by atoms with E-state index in [1.807, 2.05) is 35.9 Å². The predicted molar refractivity (Wildman–Crippen MR) is 81.4 cm³/mol. The topological polar surface area (TPSA) is 12.9 Å². The van der Waals surface area contributed by atoms with Gasteiger partial charge in [0.2, 0.25) is 0 Å². The van der Waals surface area contributed by atoms with E-state index < -0.39 is 0 Å². The number of fused-ring (bicyclic) bond motifs is 3. The van der Waals surface area contributed by atoms with Crippen molar-refractivity contribution in [2.75, 3.05) is 0 Å². The summed E-state index contributed by atoms with van der Waals surface area (Å²) in [7, 11) is 0. The number of pyridine rings is 1. The van der Waals surface area contributed by atoms with Gasteiger partial charge in [0.15, 0.2) is 0 Å². The predicted octanol–water partition coefficient (Wildman–Crippen LogP) is 4.92. The number of aromatic nitrogens is 1. The maximum Gasteiger partial charge on any atom is 0.0434 e. The van der Waals surface area contributed by atoms with Gasteiger partial charge in [-0.05, 0) is 35.4 Å². The Morgan fingerprint density at radius 1 is 0.947 bits per heavy atom. The van der Waals surface area contributed by atoms with E-state index in [9.17, 15) is 0 Å². The molecule has 0 spiro atoms. The first kappa shape index (κ1) is 10.7. The zero-order valence-corrected chi connectivity index (χ0v) is 10.9. The first-order valence-electron chi connectivity index (χ1n) is 6.16. The summed E-state index contributed by atoms with van der Waals surface area (Å²) in [4.78, 5) is 4.09. The van der Waals surface area contributed by atoms with Crippen molar-refractivity contribution in [3.05, 3.63) is 67.0 Å². The minimum Gasteiger partial charge on any atom is -0.265 e. The molecule has 89 valence electrons. The lowest BCUT2D eigenvalue weighted by Crippen LogP contribution is -1.78. The maximum atomic E-state index is 4.09. The SMILES string of the molecule is [c]1cccc2sc3c(-c4ccncc4)cccc3c12. The van der Waals surface area contributed by atoms with Crippen LogP contribution in [0.2, 0.25) is 0 Å². The Balaban J connectivity index is 2.13. The van der Waals surface area contributed by atoms with Gasteiger partial charge in [0.1, 0.15) is 0 Å². The summed E-state index contributed by atoms with van der Waals surface area (Å²) in [5.74, 6) is 0. The molecule has 2 aromatic heterocycles. The number of hydrogen-bond donors (Lipinski definition) is 0. The zero-order chi connectivity index (χ0) is 12.7. The monoisotopic (exact) mass is 260 g/mol. The maximum absolute atomic E-state index is 4.09. The van der Waals surface area contributed by atoms with Crippen LogP contribution in [0.25, 0.3) is 31.3 Å². The van der Waals surface area contributed by atoms with Crippen molar-refractivity contribution in [1.82, 2.24) is 4.98 Å². The van der Waals surface area contributed by atoms with E-state index in [2.05, 4.69) is 47.4 Å². The first-order chi connectivity index (χ1) is 9.43. The molecule has 0 fully saturated rings. The van der Waals surface area contributed by atoms with Crippen molar-refractivity contribution in [3.8, 4) is 11.1 Å². The first-order valence-corrected chi connectivity index (χ1v) is 6.97. The highest BCUT2D eigenvalue weighted by molar-refractivity contribution is 7.26. The van der Waals surface area contributed by atoms with Crippen LogP contribution in [0.15, 0.2) is 60.9 Å². The molecule has 0 amide bonds. The summed E-state index contributed by atoms with van der Waals surface area (Å²) in [6, 6.07) is 20.1. The third-order valence-electron chi connectivity index (χ3n) is 3.31. The van der Waals surface area contributed by atoms with E-state index in [1.54, 1.807) is 0 Å². The number of rotatable bonds is 1. The van der Waals surface area contributed by atoms with E-state index >= 15 is 0 Å². The molecule has 0 saturated carbocycles. The molecule has 1 radical (unpaired) electrons. The van der Waals surface area contributed by atoms with Crippen LogP contribution in [0.5, 0.6) is 0 Å². The quantitative estimate of drug-likeness (QED) is 0.473. The minimum atomic E-state index is 1.21. The molecule has 0 aliphatic heterocycles. The number of hydrogen-bond acceptors (Lipinski definition) is 2. The van der Waals surface area contributed by atoms with E-state index in [4.69, 9.17) is 0 Å². The van der Waals surface area contributed by atoms with Crippen LogP contribution < -0.4 is 0 Å². The summed E-state index contributed by atoms with van der Waals surface area (Å²) in [5.41, 5.74) is 2.49.